The first-order valence-electron chi connectivity index (χ1n) is 7.29. The van der Waals surface area contributed by atoms with Crippen molar-refractivity contribution < 1.29 is 24.1 Å². The van der Waals surface area contributed by atoms with Crippen molar-refractivity contribution in [2.45, 2.75) is 0 Å². The van der Waals surface area contributed by atoms with Crippen molar-refractivity contribution in [1.29, 1.82) is 5.26 Å². The highest BCUT2D eigenvalue weighted by molar-refractivity contribution is 5.92. The van der Waals surface area contributed by atoms with Crippen LogP contribution in [0.2, 0.25) is 0 Å². The number of hydrogen-bond acceptors (Lipinski definition) is 5. The fourth-order valence-corrected chi connectivity index (χ4v) is 2.32. The molecule has 6 heteroatoms. The van der Waals surface area contributed by atoms with E-state index in [-0.39, 0.29) is 5.56 Å². The molecule has 0 radical (unpaired) electrons. The molecule has 0 aliphatic heterocycles. The van der Waals surface area contributed by atoms with Crippen molar-refractivity contribution in [2.24, 2.45) is 0 Å². The Morgan fingerprint density at radius 2 is 1.52 bits per heavy atom. The maximum atomic E-state index is 10.9. The lowest BCUT2D eigenvalue weighted by Gasteiger charge is -2.13. The second-order valence-electron chi connectivity index (χ2n) is 5.01. The highest BCUT2D eigenvalue weighted by Crippen LogP contribution is 2.39. The van der Waals surface area contributed by atoms with Gasteiger partial charge in [0.25, 0.3) is 0 Å². The zero-order valence-electron chi connectivity index (χ0n) is 14.1. The number of benzene rings is 2. The number of methoxy groups -OCH3 is 3. The minimum atomic E-state index is -1.02. The summed E-state index contributed by atoms with van der Waals surface area (Å²) in [6.45, 7) is 0. The predicted octanol–water partition coefficient (Wildman–Crippen LogP) is 3.47. The highest BCUT2D eigenvalue weighted by Gasteiger charge is 2.13. The molecular weight excluding hydrogens is 322 g/mol. The van der Waals surface area contributed by atoms with E-state index in [1.54, 1.807) is 30.3 Å². The summed E-state index contributed by atoms with van der Waals surface area (Å²) in [7, 11) is 4.54. The van der Waals surface area contributed by atoms with E-state index in [9.17, 15) is 10.1 Å². The molecule has 0 aliphatic rings. The van der Waals surface area contributed by atoms with Gasteiger partial charge in [0.1, 0.15) is 0 Å². The minimum absolute atomic E-state index is 0.161. The molecule has 2 rings (SSSR count). The Morgan fingerprint density at radius 1 is 1.00 bits per heavy atom. The second kappa shape index (κ2) is 7.88. The molecule has 0 aromatic heterocycles. The normalized spacial score (nSPS) is 10.7. The third kappa shape index (κ3) is 3.90. The standard InChI is InChI=1S/C19H17NO5/c1-23-16-9-12(10-17(24-2)18(16)25-3)8-15(11-20)13-4-6-14(7-5-13)19(21)22/h4-10H,1-3H3,(H,21,22)/b15-8-. The van der Waals surface area contributed by atoms with Gasteiger partial charge in [-0.3, -0.25) is 0 Å². The second-order valence-corrected chi connectivity index (χ2v) is 5.01. The van der Waals surface area contributed by atoms with Crippen LogP contribution in [0.5, 0.6) is 17.2 Å². The summed E-state index contributed by atoms with van der Waals surface area (Å²) < 4.78 is 15.9. The SMILES string of the molecule is COc1cc(/C=C(/C#N)c2ccc(C(=O)O)cc2)cc(OC)c1OC. The number of aromatic carboxylic acids is 1. The molecule has 0 saturated carbocycles. The summed E-state index contributed by atoms with van der Waals surface area (Å²) in [5, 5.41) is 18.4. The lowest BCUT2D eigenvalue weighted by molar-refractivity contribution is 0.0697. The van der Waals surface area contributed by atoms with Crippen LogP contribution in [-0.4, -0.2) is 32.4 Å². The largest absolute Gasteiger partial charge is 0.493 e. The fraction of sp³-hybridized carbons (Fsp3) is 0.158. The molecule has 1 N–H and O–H groups in total. The number of nitriles is 1. The van der Waals surface area contributed by atoms with Crippen LogP contribution < -0.4 is 14.2 Å². The maximum absolute atomic E-state index is 10.9. The molecule has 0 saturated heterocycles. The average Bonchev–Trinajstić information content (AvgIpc) is 2.65. The Morgan fingerprint density at radius 3 is 1.92 bits per heavy atom. The number of carbonyl (C=O) groups is 1. The molecule has 0 atom stereocenters. The van der Waals surface area contributed by atoms with Crippen LogP contribution in [0.25, 0.3) is 11.6 Å². The molecule has 0 heterocycles. The average molecular weight is 339 g/mol. The van der Waals surface area contributed by atoms with Gasteiger partial charge in [-0.2, -0.15) is 5.26 Å². The Bertz CT molecular complexity index is 822. The Labute approximate surface area is 145 Å². The van der Waals surface area contributed by atoms with Gasteiger partial charge in [-0.05, 0) is 41.5 Å². The summed E-state index contributed by atoms with van der Waals surface area (Å²) >= 11 is 0. The first-order valence-corrected chi connectivity index (χ1v) is 7.29. The maximum Gasteiger partial charge on any atom is 0.335 e. The third-order valence-electron chi connectivity index (χ3n) is 3.56. The van der Waals surface area contributed by atoms with Crippen LogP contribution >= 0.6 is 0 Å². The van der Waals surface area contributed by atoms with Crippen molar-refractivity contribution in [1.82, 2.24) is 0 Å². The molecule has 6 nitrogen and oxygen atoms in total. The van der Waals surface area contributed by atoms with Gasteiger partial charge in [0.05, 0.1) is 38.5 Å². The Kier molecular flexibility index (Phi) is 5.64. The van der Waals surface area contributed by atoms with E-state index in [1.165, 1.54) is 33.5 Å². The van der Waals surface area contributed by atoms with Crippen LogP contribution in [0.3, 0.4) is 0 Å². The van der Waals surface area contributed by atoms with Gasteiger partial charge in [-0.25, -0.2) is 4.79 Å². The monoisotopic (exact) mass is 339 g/mol. The molecule has 0 amide bonds. The van der Waals surface area contributed by atoms with Crippen molar-refractivity contribution >= 4 is 17.6 Å². The number of allylic oxidation sites excluding steroid dienone is 1. The Hall–Kier alpha value is -3.46. The summed E-state index contributed by atoms with van der Waals surface area (Å²) in [5.74, 6) is 0.406. The van der Waals surface area contributed by atoms with E-state index >= 15 is 0 Å². The quantitative estimate of drug-likeness (QED) is 0.640. The van der Waals surface area contributed by atoms with Crippen LogP contribution in [-0.2, 0) is 0 Å². The molecule has 0 aliphatic carbocycles. The van der Waals surface area contributed by atoms with Crippen LogP contribution in [0.1, 0.15) is 21.5 Å². The van der Waals surface area contributed by atoms with E-state index in [0.717, 1.165) is 0 Å². The zero-order valence-corrected chi connectivity index (χ0v) is 14.1. The van der Waals surface area contributed by atoms with E-state index in [2.05, 4.69) is 6.07 Å². The topological polar surface area (TPSA) is 88.8 Å². The van der Waals surface area contributed by atoms with Gasteiger partial charge in [0.15, 0.2) is 11.5 Å². The summed E-state index contributed by atoms with van der Waals surface area (Å²) in [6.07, 6.45) is 1.67. The number of ether oxygens (including phenoxy) is 3. The zero-order chi connectivity index (χ0) is 18.4. The molecule has 0 bridgehead atoms. The van der Waals surface area contributed by atoms with Gasteiger partial charge in [-0.15, -0.1) is 0 Å². The number of carboxylic acids is 1. The van der Waals surface area contributed by atoms with Gasteiger partial charge >= 0.3 is 5.97 Å². The van der Waals surface area contributed by atoms with Crippen molar-refractivity contribution in [3.63, 3.8) is 0 Å². The number of carboxylic acid groups (broad SMARTS) is 1. The molecule has 128 valence electrons. The van der Waals surface area contributed by atoms with Crippen LogP contribution in [0.15, 0.2) is 36.4 Å². The lowest BCUT2D eigenvalue weighted by atomic mass is 10.0. The summed E-state index contributed by atoms with van der Waals surface area (Å²) in [4.78, 5) is 10.9. The first kappa shape index (κ1) is 17.9. The molecule has 0 fully saturated rings. The van der Waals surface area contributed by atoms with Crippen LogP contribution in [0, 0.1) is 11.3 Å². The van der Waals surface area contributed by atoms with Crippen molar-refractivity contribution in [3.8, 4) is 23.3 Å². The lowest BCUT2D eigenvalue weighted by Crippen LogP contribution is -1.96. The van der Waals surface area contributed by atoms with Gasteiger partial charge in [-0.1, -0.05) is 12.1 Å². The van der Waals surface area contributed by atoms with Crippen LogP contribution in [0.4, 0.5) is 0 Å². The molecule has 0 spiro atoms. The number of nitrogens with zero attached hydrogens (tertiary/aromatic N) is 1. The molecule has 25 heavy (non-hydrogen) atoms. The van der Waals surface area contributed by atoms with Gasteiger partial charge < -0.3 is 19.3 Å². The van der Waals surface area contributed by atoms with E-state index in [1.807, 2.05) is 0 Å². The Balaban J connectivity index is 2.49. The highest BCUT2D eigenvalue weighted by atomic mass is 16.5. The smallest absolute Gasteiger partial charge is 0.335 e. The van der Waals surface area contributed by atoms with Crippen molar-refractivity contribution in [3.05, 3.63) is 53.1 Å². The summed E-state index contributed by atoms with van der Waals surface area (Å²) in [6, 6.07) is 11.7. The molecule has 2 aromatic carbocycles. The first-order chi connectivity index (χ1) is 12.0. The molecule has 0 unspecified atom stereocenters. The number of rotatable bonds is 6. The summed E-state index contributed by atoms with van der Waals surface area (Å²) in [5.41, 5.74) is 1.84. The number of hydrogen-bond donors (Lipinski definition) is 1. The van der Waals surface area contributed by atoms with Gasteiger partial charge in [0.2, 0.25) is 5.75 Å². The predicted molar refractivity (Wildman–Crippen MR) is 93.0 cm³/mol. The molecular formula is C19H17NO5. The van der Waals surface area contributed by atoms with Crippen molar-refractivity contribution in [2.75, 3.05) is 21.3 Å². The van der Waals surface area contributed by atoms with Gasteiger partial charge in [0, 0.05) is 0 Å². The fourth-order valence-electron chi connectivity index (χ4n) is 2.32. The minimum Gasteiger partial charge on any atom is -0.493 e. The van der Waals surface area contributed by atoms with E-state index in [0.29, 0.717) is 33.9 Å². The van der Waals surface area contributed by atoms with E-state index in [4.69, 9.17) is 19.3 Å². The molecule has 2 aromatic rings. The van der Waals surface area contributed by atoms with E-state index < -0.39 is 5.97 Å². The third-order valence-corrected chi connectivity index (χ3v) is 3.56.